The number of anilines is 2. The fourth-order valence-electron chi connectivity index (χ4n) is 8.45. The lowest BCUT2D eigenvalue weighted by molar-refractivity contribution is -0.134. The summed E-state index contributed by atoms with van der Waals surface area (Å²) >= 11 is 3.43. The molecule has 4 aliphatic heterocycles. The molecule has 4 fully saturated rings. The highest BCUT2D eigenvalue weighted by molar-refractivity contribution is 9.10. The van der Waals surface area contributed by atoms with Gasteiger partial charge in [-0.3, -0.25) is 24.5 Å². The van der Waals surface area contributed by atoms with Gasteiger partial charge in [0.1, 0.15) is 4.47 Å². The molecule has 0 aliphatic carbocycles. The molecule has 3 amide bonds. The van der Waals surface area contributed by atoms with Crippen LogP contribution >= 0.6 is 15.9 Å². The summed E-state index contributed by atoms with van der Waals surface area (Å²) in [5.74, 6) is -0.248. The number of halogens is 1. The second-order valence-electron chi connectivity index (χ2n) is 14.8. The minimum Gasteiger partial charge on any atom is -0.379 e. The first kappa shape index (κ1) is 34.4. The summed E-state index contributed by atoms with van der Waals surface area (Å²) in [7, 11) is 3.75. The predicted molar refractivity (Wildman–Crippen MR) is 196 cm³/mol. The smallest absolute Gasteiger partial charge is 0.282 e. The van der Waals surface area contributed by atoms with Gasteiger partial charge in [0.15, 0.2) is 0 Å². The number of amides is 3. The second-order valence-corrected chi connectivity index (χ2v) is 15.6. The van der Waals surface area contributed by atoms with Crippen molar-refractivity contribution < 1.29 is 14.4 Å². The number of hydrogen-bond acceptors (Lipinski definition) is 8. The van der Waals surface area contributed by atoms with Crippen LogP contribution in [0.25, 0.3) is 0 Å². The fourth-order valence-corrected chi connectivity index (χ4v) is 8.92. The summed E-state index contributed by atoms with van der Waals surface area (Å²) in [5, 5.41) is 10.2. The Balaban J connectivity index is 0.916. The summed E-state index contributed by atoms with van der Waals surface area (Å²) < 4.78 is 1.81. The Morgan fingerprint density at radius 1 is 0.940 bits per heavy atom. The Kier molecular flexibility index (Phi) is 9.85. The van der Waals surface area contributed by atoms with Crippen molar-refractivity contribution in [2.24, 2.45) is 12.5 Å². The molecule has 1 spiro atoms. The number of benzene rings is 2. The number of likely N-dealkylation sites (N-methyl/N-ethyl adjacent to an activating group) is 1. The quantitative estimate of drug-likeness (QED) is 0.355. The normalized spacial score (nSPS) is 24.3. The first-order chi connectivity index (χ1) is 24.1. The summed E-state index contributed by atoms with van der Waals surface area (Å²) in [6.45, 7) is 5.26. The van der Waals surface area contributed by atoms with Crippen LogP contribution in [-0.2, 0) is 16.6 Å². The molecule has 4 saturated heterocycles. The van der Waals surface area contributed by atoms with E-state index in [1.54, 1.807) is 13.2 Å². The van der Waals surface area contributed by atoms with Gasteiger partial charge in [-0.2, -0.15) is 5.10 Å². The van der Waals surface area contributed by atoms with Crippen molar-refractivity contribution in [3.05, 3.63) is 86.2 Å². The average molecular weight is 745 g/mol. The number of carbonyl (C=O) groups excluding carboxylic acids is 3. The summed E-state index contributed by atoms with van der Waals surface area (Å²) in [5.41, 5.74) is 4.86. The minimum absolute atomic E-state index is 0.109. The third-order valence-electron chi connectivity index (χ3n) is 11.5. The number of aryl methyl sites for hydroxylation is 1. The number of rotatable bonds is 6. The lowest BCUT2D eigenvalue weighted by Crippen LogP contribution is -2.48. The highest BCUT2D eigenvalue weighted by Gasteiger charge is 2.39. The number of likely N-dealkylation sites (tertiary alicyclic amines) is 2. The van der Waals surface area contributed by atoms with Crippen LogP contribution in [0.2, 0.25) is 0 Å². The summed E-state index contributed by atoms with van der Waals surface area (Å²) in [4.78, 5) is 56.8. The van der Waals surface area contributed by atoms with E-state index in [-0.39, 0.29) is 40.7 Å². The number of hydrogen-bond donors (Lipinski definition) is 2. The van der Waals surface area contributed by atoms with E-state index in [2.05, 4.69) is 72.8 Å². The molecule has 2 aromatic carbocycles. The summed E-state index contributed by atoms with van der Waals surface area (Å²) in [6.07, 6.45) is 7.75. The van der Waals surface area contributed by atoms with E-state index in [1.807, 2.05) is 29.2 Å². The standard InChI is InChI=1S/C38H46BrN7O4/c1-43-23-28(20-29(24-43)41-32-22-40-44(2)37(50)34(32)39)25-6-8-26(9-7-25)36(49)46-18-14-38(15-19-46)12-16-45(17-13-38)30-5-3-4-27(21-30)31-10-11-33(47)42-35(31)48/h3-9,21-22,28-29,31,41H,10-20,23-24H2,1-2H3,(H,42,47,48)/t28-,29+,31?/m1/s1. The molecule has 0 bridgehead atoms. The van der Waals surface area contributed by atoms with Crippen molar-refractivity contribution >= 4 is 45.0 Å². The molecule has 264 valence electrons. The Morgan fingerprint density at radius 3 is 2.38 bits per heavy atom. The monoisotopic (exact) mass is 743 g/mol. The lowest BCUT2D eigenvalue weighted by Gasteiger charge is -2.47. The van der Waals surface area contributed by atoms with Crippen LogP contribution < -0.4 is 21.1 Å². The minimum atomic E-state index is -0.273. The van der Waals surface area contributed by atoms with Gasteiger partial charge in [-0.05, 0) is 108 Å². The number of aromatic nitrogens is 2. The molecule has 50 heavy (non-hydrogen) atoms. The highest BCUT2D eigenvalue weighted by Crippen LogP contribution is 2.43. The van der Waals surface area contributed by atoms with E-state index in [1.165, 1.54) is 10.2 Å². The van der Waals surface area contributed by atoms with Crippen molar-refractivity contribution in [3.8, 4) is 0 Å². The maximum Gasteiger partial charge on any atom is 0.282 e. The Bertz CT molecular complexity index is 1810. The van der Waals surface area contributed by atoms with Crippen molar-refractivity contribution in [1.82, 2.24) is 24.9 Å². The highest BCUT2D eigenvalue weighted by atomic mass is 79.9. The van der Waals surface area contributed by atoms with Crippen molar-refractivity contribution in [2.45, 2.75) is 62.8 Å². The van der Waals surface area contributed by atoms with E-state index < -0.39 is 0 Å². The Labute approximate surface area is 301 Å². The molecule has 11 nitrogen and oxygen atoms in total. The van der Waals surface area contributed by atoms with Crippen LogP contribution in [0.5, 0.6) is 0 Å². The van der Waals surface area contributed by atoms with Crippen molar-refractivity contribution in [1.29, 1.82) is 0 Å². The number of carbonyl (C=O) groups is 3. The first-order valence-electron chi connectivity index (χ1n) is 17.8. The molecule has 2 N–H and O–H groups in total. The molecule has 1 unspecified atom stereocenters. The van der Waals surface area contributed by atoms with Crippen LogP contribution in [0.3, 0.4) is 0 Å². The zero-order chi connectivity index (χ0) is 35.0. The van der Waals surface area contributed by atoms with Crippen LogP contribution in [-0.4, -0.2) is 89.7 Å². The van der Waals surface area contributed by atoms with E-state index in [0.29, 0.717) is 28.9 Å². The van der Waals surface area contributed by atoms with Gasteiger partial charge in [-0.15, -0.1) is 0 Å². The number of nitrogens with zero attached hydrogens (tertiary/aromatic N) is 5. The van der Waals surface area contributed by atoms with Crippen LogP contribution in [0.1, 0.15) is 78.3 Å². The van der Waals surface area contributed by atoms with Gasteiger partial charge < -0.3 is 20.0 Å². The lowest BCUT2D eigenvalue weighted by atomic mass is 9.71. The second kappa shape index (κ2) is 14.3. The molecular weight excluding hydrogens is 698 g/mol. The topological polar surface area (TPSA) is 120 Å². The van der Waals surface area contributed by atoms with Gasteiger partial charge in [0.05, 0.1) is 17.8 Å². The van der Waals surface area contributed by atoms with E-state index in [4.69, 9.17) is 0 Å². The van der Waals surface area contributed by atoms with Gasteiger partial charge in [0, 0.05) is 70.0 Å². The van der Waals surface area contributed by atoms with Crippen molar-refractivity contribution in [3.63, 3.8) is 0 Å². The van der Waals surface area contributed by atoms with Gasteiger partial charge >= 0.3 is 0 Å². The molecular formula is C38H46BrN7O4. The predicted octanol–water partition coefficient (Wildman–Crippen LogP) is 4.49. The molecule has 5 heterocycles. The van der Waals surface area contributed by atoms with Gasteiger partial charge in [-0.1, -0.05) is 24.3 Å². The SMILES string of the molecule is CN1C[C@@H](Nc2cnn(C)c(=O)c2Br)C[C@@H](c2ccc(C(=O)N3CCC4(CC3)CCN(c3cccc(C5CCC(=O)NC5=O)c3)CC4)cc2)C1. The number of nitrogens with one attached hydrogen (secondary N) is 2. The maximum absolute atomic E-state index is 13.6. The molecule has 0 saturated carbocycles. The molecule has 3 atom stereocenters. The number of imide groups is 1. The van der Waals surface area contributed by atoms with E-state index in [9.17, 15) is 19.2 Å². The summed E-state index contributed by atoms with van der Waals surface area (Å²) in [6, 6.07) is 16.6. The Hall–Kier alpha value is -4.03. The molecule has 1 aromatic heterocycles. The molecule has 3 aromatic rings. The van der Waals surface area contributed by atoms with Crippen molar-refractivity contribution in [2.75, 3.05) is 56.5 Å². The van der Waals surface area contributed by atoms with E-state index in [0.717, 1.165) is 88.2 Å². The zero-order valence-electron chi connectivity index (χ0n) is 28.9. The largest absolute Gasteiger partial charge is 0.379 e. The van der Waals surface area contributed by atoms with Crippen LogP contribution in [0, 0.1) is 5.41 Å². The third-order valence-corrected chi connectivity index (χ3v) is 12.3. The van der Waals surface area contributed by atoms with E-state index >= 15 is 0 Å². The maximum atomic E-state index is 13.6. The number of piperidine rings is 4. The van der Waals surface area contributed by atoms with Gasteiger partial charge in [0.25, 0.3) is 11.5 Å². The molecule has 12 heteroatoms. The van der Waals surface area contributed by atoms with Crippen LogP contribution in [0.15, 0.2) is 64.0 Å². The first-order valence-corrected chi connectivity index (χ1v) is 18.6. The van der Waals surface area contributed by atoms with Gasteiger partial charge in [-0.25, -0.2) is 4.68 Å². The Morgan fingerprint density at radius 2 is 1.66 bits per heavy atom. The average Bonchev–Trinajstić information content (AvgIpc) is 3.12. The van der Waals surface area contributed by atoms with Crippen LogP contribution in [0.4, 0.5) is 11.4 Å². The third kappa shape index (κ3) is 7.23. The fraction of sp³-hybridized carbons (Fsp3) is 0.500. The molecule has 4 aliphatic rings. The molecule has 0 radical (unpaired) electrons. The molecule has 7 rings (SSSR count). The van der Waals surface area contributed by atoms with Gasteiger partial charge in [0.2, 0.25) is 11.8 Å². The zero-order valence-corrected chi connectivity index (χ0v) is 30.5.